The lowest BCUT2D eigenvalue weighted by Crippen LogP contribution is -2.26. The Morgan fingerprint density at radius 3 is 1.67 bits per heavy atom. The van der Waals surface area contributed by atoms with Crippen molar-refractivity contribution in [2.45, 2.75) is 4.46 Å². The quantitative estimate of drug-likeness (QED) is 0.440. The Bertz CT molecular complexity index is 38.5. The van der Waals surface area contributed by atoms with Crippen molar-refractivity contribution in [3.05, 3.63) is 0 Å². The van der Waals surface area contributed by atoms with E-state index in [1.807, 2.05) is 0 Å². The molecule has 0 aromatic carbocycles. The Kier molecular flexibility index (Phi) is 2.53. The standard InChI is InChI=1S/C2H4Cl3N/c3-1-2(4,5)6/h1,6H2. The lowest BCUT2D eigenvalue weighted by atomic mass is 10.8. The summed E-state index contributed by atoms with van der Waals surface area (Å²) < 4.78 is -1.25. The molecule has 0 heterocycles. The van der Waals surface area contributed by atoms with Gasteiger partial charge in [0.05, 0.1) is 5.88 Å². The number of hydrogen-bond acceptors (Lipinski definition) is 1. The number of nitrogens with two attached hydrogens (primary N) is 1. The molecular weight excluding hydrogens is 144 g/mol. The minimum Gasteiger partial charge on any atom is -0.299 e. The number of alkyl halides is 3. The van der Waals surface area contributed by atoms with E-state index in [-0.39, 0.29) is 5.88 Å². The lowest BCUT2D eigenvalue weighted by Gasteiger charge is -2.04. The highest BCUT2D eigenvalue weighted by atomic mass is 35.5. The Labute approximate surface area is 51.4 Å². The molecule has 0 atom stereocenters. The van der Waals surface area contributed by atoms with Crippen molar-refractivity contribution in [3.63, 3.8) is 0 Å². The van der Waals surface area contributed by atoms with E-state index in [0.717, 1.165) is 0 Å². The highest BCUT2D eigenvalue weighted by Crippen LogP contribution is 2.13. The van der Waals surface area contributed by atoms with Crippen LogP contribution in [0.25, 0.3) is 0 Å². The number of rotatable bonds is 1. The van der Waals surface area contributed by atoms with Gasteiger partial charge >= 0.3 is 0 Å². The molecule has 0 aromatic heterocycles. The van der Waals surface area contributed by atoms with Gasteiger partial charge < -0.3 is 0 Å². The second kappa shape index (κ2) is 2.22. The second-order valence-corrected chi connectivity index (χ2v) is 2.70. The molecule has 2 N–H and O–H groups in total. The first kappa shape index (κ1) is 6.83. The van der Waals surface area contributed by atoms with Crippen molar-refractivity contribution in [1.29, 1.82) is 0 Å². The van der Waals surface area contributed by atoms with Crippen LogP contribution in [-0.2, 0) is 0 Å². The summed E-state index contributed by atoms with van der Waals surface area (Å²) in [7, 11) is 0. The Morgan fingerprint density at radius 2 is 1.67 bits per heavy atom. The number of hydrogen-bond donors (Lipinski definition) is 1. The molecule has 0 fully saturated rings. The fourth-order valence-electron chi connectivity index (χ4n) is 0. The van der Waals surface area contributed by atoms with Gasteiger partial charge in [0.2, 0.25) is 0 Å². The summed E-state index contributed by atoms with van der Waals surface area (Å²) in [5.74, 6) is 0.0517. The molecule has 0 saturated carbocycles. The molecule has 0 spiro atoms. The van der Waals surface area contributed by atoms with Gasteiger partial charge in [-0.15, -0.1) is 11.6 Å². The van der Waals surface area contributed by atoms with E-state index >= 15 is 0 Å². The van der Waals surface area contributed by atoms with Crippen molar-refractivity contribution in [3.8, 4) is 0 Å². The lowest BCUT2D eigenvalue weighted by molar-refractivity contribution is 0.944. The van der Waals surface area contributed by atoms with E-state index in [2.05, 4.69) is 0 Å². The summed E-state index contributed by atoms with van der Waals surface area (Å²) >= 11 is 15.3. The van der Waals surface area contributed by atoms with Crippen molar-refractivity contribution in [2.24, 2.45) is 5.73 Å². The van der Waals surface area contributed by atoms with Crippen molar-refractivity contribution in [2.75, 3.05) is 5.88 Å². The molecule has 1 nitrogen and oxygen atoms in total. The molecule has 0 bridgehead atoms. The molecule has 0 aliphatic heterocycles. The molecule has 0 aliphatic carbocycles. The molecule has 38 valence electrons. The highest BCUT2D eigenvalue weighted by Gasteiger charge is 2.12. The Balaban J connectivity index is 3.17. The topological polar surface area (TPSA) is 26.0 Å². The zero-order chi connectivity index (χ0) is 5.21. The van der Waals surface area contributed by atoms with Gasteiger partial charge in [0.25, 0.3) is 0 Å². The van der Waals surface area contributed by atoms with E-state index in [1.165, 1.54) is 0 Å². The highest BCUT2D eigenvalue weighted by molar-refractivity contribution is 6.50. The Hall–Kier alpha value is 0.830. The van der Waals surface area contributed by atoms with Gasteiger partial charge in [0.1, 0.15) is 0 Å². The molecular formula is C2H4Cl3N. The number of halogens is 3. The molecule has 4 heteroatoms. The maximum absolute atomic E-state index is 5.13. The zero-order valence-electron chi connectivity index (χ0n) is 2.92. The van der Waals surface area contributed by atoms with Crippen LogP contribution in [0.2, 0.25) is 0 Å². The van der Waals surface area contributed by atoms with Gasteiger partial charge in [-0.1, -0.05) is 23.2 Å². The summed E-state index contributed by atoms with van der Waals surface area (Å²) in [4.78, 5) is 0. The van der Waals surface area contributed by atoms with Crippen LogP contribution in [0.5, 0.6) is 0 Å². The van der Waals surface area contributed by atoms with Crippen molar-refractivity contribution >= 4 is 34.8 Å². The molecule has 0 amide bonds. The third-order valence-corrected chi connectivity index (χ3v) is 1.14. The third kappa shape index (κ3) is 4.83. The van der Waals surface area contributed by atoms with Gasteiger partial charge in [0.15, 0.2) is 4.46 Å². The van der Waals surface area contributed by atoms with Gasteiger partial charge in [-0.05, 0) is 0 Å². The first-order valence-corrected chi connectivity index (χ1v) is 2.58. The van der Waals surface area contributed by atoms with E-state index in [4.69, 9.17) is 40.5 Å². The van der Waals surface area contributed by atoms with E-state index < -0.39 is 4.46 Å². The second-order valence-electron chi connectivity index (χ2n) is 0.895. The summed E-state index contributed by atoms with van der Waals surface area (Å²) in [6.45, 7) is 0. The average molecular weight is 148 g/mol. The monoisotopic (exact) mass is 147 g/mol. The van der Waals surface area contributed by atoms with Crippen LogP contribution in [0, 0.1) is 0 Å². The van der Waals surface area contributed by atoms with E-state index in [1.54, 1.807) is 0 Å². The molecule has 6 heavy (non-hydrogen) atoms. The minimum atomic E-state index is -1.25. The van der Waals surface area contributed by atoms with Crippen LogP contribution in [0.1, 0.15) is 0 Å². The molecule has 0 radical (unpaired) electrons. The van der Waals surface area contributed by atoms with Gasteiger partial charge in [0, 0.05) is 0 Å². The first-order chi connectivity index (χ1) is 2.56. The first-order valence-electron chi connectivity index (χ1n) is 1.29. The smallest absolute Gasteiger partial charge is 0.179 e. The Morgan fingerprint density at radius 1 is 1.50 bits per heavy atom. The third-order valence-electron chi connectivity index (χ3n) is 0.178. The summed E-state index contributed by atoms with van der Waals surface area (Å²) in [5.41, 5.74) is 4.93. The molecule has 0 unspecified atom stereocenters. The summed E-state index contributed by atoms with van der Waals surface area (Å²) in [5, 5.41) is 0. The van der Waals surface area contributed by atoms with Crippen molar-refractivity contribution in [1.82, 2.24) is 0 Å². The van der Waals surface area contributed by atoms with Gasteiger partial charge in [-0.25, -0.2) is 0 Å². The van der Waals surface area contributed by atoms with Crippen LogP contribution < -0.4 is 5.73 Å². The summed E-state index contributed by atoms with van der Waals surface area (Å²) in [6, 6.07) is 0. The average Bonchev–Trinajstić information content (AvgIpc) is 1.35. The van der Waals surface area contributed by atoms with Crippen LogP contribution >= 0.6 is 34.8 Å². The van der Waals surface area contributed by atoms with Crippen LogP contribution in [-0.4, -0.2) is 10.3 Å². The predicted octanol–water partition coefficient (Wildman–Crippen LogP) is 1.32. The van der Waals surface area contributed by atoms with E-state index in [0.29, 0.717) is 0 Å². The maximum Gasteiger partial charge on any atom is 0.179 e. The normalized spacial score (nSPS) is 12.0. The molecule has 0 aromatic rings. The van der Waals surface area contributed by atoms with Crippen LogP contribution in [0.15, 0.2) is 0 Å². The van der Waals surface area contributed by atoms with Crippen LogP contribution in [0.4, 0.5) is 0 Å². The maximum atomic E-state index is 5.13. The van der Waals surface area contributed by atoms with E-state index in [9.17, 15) is 0 Å². The van der Waals surface area contributed by atoms with Crippen molar-refractivity contribution < 1.29 is 0 Å². The molecule has 0 aliphatic rings. The molecule has 0 rings (SSSR count). The fourth-order valence-corrected chi connectivity index (χ4v) is 0. The minimum absolute atomic E-state index is 0.0517. The van der Waals surface area contributed by atoms with Gasteiger partial charge in [-0.3, -0.25) is 5.73 Å². The predicted molar refractivity (Wildman–Crippen MR) is 29.3 cm³/mol. The molecule has 0 saturated heterocycles. The fraction of sp³-hybridized carbons (Fsp3) is 1.00. The zero-order valence-corrected chi connectivity index (χ0v) is 5.19. The van der Waals surface area contributed by atoms with Gasteiger partial charge in [-0.2, -0.15) is 0 Å². The largest absolute Gasteiger partial charge is 0.299 e. The summed E-state index contributed by atoms with van der Waals surface area (Å²) in [6.07, 6.45) is 0. The van der Waals surface area contributed by atoms with Crippen LogP contribution in [0.3, 0.4) is 0 Å². The SMILES string of the molecule is NC(Cl)(Cl)CCl.